The zero-order chi connectivity index (χ0) is 13.9. The second-order valence-corrected chi connectivity index (χ2v) is 6.55. The molecule has 1 heterocycles. The highest BCUT2D eigenvalue weighted by atomic mass is 35.5. The molecule has 0 atom stereocenters. The molecule has 0 radical (unpaired) electrons. The average molecular weight is 294 g/mol. The molecule has 1 aromatic rings. The van der Waals surface area contributed by atoms with Crippen molar-refractivity contribution in [3.8, 4) is 0 Å². The fraction of sp³-hybridized carbons (Fsp3) is 0.688. The van der Waals surface area contributed by atoms with Gasteiger partial charge in [0.05, 0.1) is 5.02 Å². The summed E-state index contributed by atoms with van der Waals surface area (Å²) in [5.41, 5.74) is 1.19. The van der Waals surface area contributed by atoms with E-state index in [1.165, 1.54) is 37.7 Å². The van der Waals surface area contributed by atoms with E-state index in [1.807, 2.05) is 6.20 Å². The van der Waals surface area contributed by atoms with Gasteiger partial charge >= 0.3 is 0 Å². The summed E-state index contributed by atoms with van der Waals surface area (Å²) < 4.78 is 0. The monoisotopic (exact) mass is 293 g/mol. The zero-order valence-electron chi connectivity index (χ0n) is 12.2. The van der Waals surface area contributed by atoms with Gasteiger partial charge in [-0.15, -0.1) is 0 Å². The Kier molecular flexibility index (Phi) is 4.47. The van der Waals surface area contributed by atoms with Gasteiger partial charge in [0.1, 0.15) is 5.82 Å². The number of hydrogen-bond acceptors (Lipinski definition) is 3. The van der Waals surface area contributed by atoms with Crippen LogP contribution >= 0.6 is 11.6 Å². The number of hydrogen-bond donors (Lipinski definition) is 1. The zero-order valence-corrected chi connectivity index (χ0v) is 13.0. The molecule has 0 unspecified atom stereocenters. The van der Waals surface area contributed by atoms with E-state index in [1.54, 1.807) is 0 Å². The minimum Gasteiger partial charge on any atom is -0.355 e. The predicted molar refractivity (Wildman–Crippen MR) is 84.3 cm³/mol. The Hall–Kier alpha value is -0.800. The summed E-state index contributed by atoms with van der Waals surface area (Å²) in [5.74, 6) is 1.79. The van der Waals surface area contributed by atoms with E-state index in [9.17, 15) is 0 Å². The van der Waals surface area contributed by atoms with Gasteiger partial charge in [-0.1, -0.05) is 18.0 Å². The molecule has 0 saturated heterocycles. The Labute approximate surface area is 126 Å². The molecular weight excluding hydrogens is 270 g/mol. The minimum absolute atomic E-state index is 0.721. The van der Waals surface area contributed by atoms with Crippen molar-refractivity contribution in [3.05, 3.63) is 22.8 Å². The van der Waals surface area contributed by atoms with Gasteiger partial charge < -0.3 is 10.2 Å². The molecule has 3 rings (SSSR count). The van der Waals surface area contributed by atoms with Crippen LogP contribution in [-0.2, 0) is 6.54 Å². The normalized spacial score (nSPS) is 18.9. The van der Waals surface area contributed by atoms with Gasteiger partial charge in [-0.3, -0.25) is 0 Å². The van der Waals surface area contributed by atoms with Crippen LogP contribution in [0.15, 0.2) is 12.3 Å². The van der Waals surface area contributed by atoms with Crippen LogP contribution in [0.1, 0.15) is 44.6 Å². The Morgan fingerprint density at radius 2 is 2.15 bits per heavy atom. The van der Waals surface area contributed by atoms with Crippen molar-refractivity contribution >= 4 is 17.4 Å². The van der Waals surface area contributed by atoms with Crippen molar-refractivity contribution < 1.29 is 0 Å². The third kappa shape index (κ3) is 3.44. The molecule has 0 amide bonds. The van der Waals surface area contributed by atoms with Gasteiger partial charge in [-0.2, -0.15) is 0 Å². The Balaban J connectivity index is 1.64. The van der Waals surface area contributed by atoms with Crippen LogP contribution in [0.25, 0.3) is 0 Å². The van der Waals surface area contributed by atoms with Crippen molar-refractivity contribution in [3.63, 3.8) is 0 Å². The molecule has 1 N–H and O–H groups in total. The van der Waals surface area contributed by atoms with E-state index in [4.69, 9.17) is 11.6 Å². The molecule has 2 aliphatic rings. The van der Waals surface area contributed by atoms with E-state index in [2.05, 4.69) is 28.2 Å². The second kappa shape index (κ2) is 6.31. The molecule has 20 heavy (non-hydrogen) atoms. The van der Waals surface area contributed by atoms with E-state index in [-0.39, 0.29) is 0 Å². The van der Waals surface area contributed by atoms with Gasteiger partial charge in [0, 0.05) is 31.9 Å². The van der Waals surface area contributed by atoms with E-state index >= 15 is 0 Å². The van der Waals surface area contributed by atoms with Crippen LogP contribution in [0.5, 0.6) is 0 Å². The lowest BCUT2D eigenvalue weighted by atomic mass is 9.85. The summed E-state index contributed by atoms with van der Waals surface area (Å²) >= 11 is 6.45. The van der Waals surface area contributed by atoms with Gasteiger partial charge in [-0.25, -0.2) is 4.98 Å². The van der Waals surface area contributed by atoms with Crippen LogP contribution in [0.2, 0.25) is 5.02 Å². The van der Waals surface area contributed by atoms with Crippen molar-refractivity contribution in [2.24, 2.45) is 5.92 Å². The number of rotatable bonds is 7. The number of anilines is 1. The largest absolute Gasteiger partial charge is 0.355 e. The first kappa shape index (κ1) is 14.2. The molecule has 0 spiro atoms. The lowest BCUT2D eigenvalue weighted by Gasteiger charge is -2.32. The lowest BCUT2D eigenvalue weighted by Crippen LogP contribution is -2.33. The van der Waals surface area contributed by atoms with Gasteiger partial charge in [0.15, 0.2) is 0 Å². The van der Waals surface area contributed by atoms with E-state index in [0.29, 0.717) is 0 Å². The number of aromatic nitrogens is 1. The maximum Gasteiger partial charge on any atom is 0.147 e. The molecule has 2 fully saturated rings. The number of pyridine rings is 1. The van der Waals surface area contributed by atoms with Crippen LogP contribution < -0.4 is 10.2 Å². The molecule has 4 heteroatoms. The Morgan fingerprint density at radius 1 is 1.35 bits per heavy atom. The third-order valence-electron chi connectivity index (χ3n) is 4.44. The van der Waals surface area contributed by atoms with Crippen LogP contribution in [0.4, 0.5) is 5.82 Å². The predicted octanol–water partition coefficient (Wildman–Crippen LogP) is 3.61. The maximum absolute atomic E-state index is 6.45. The summed E-state index contributed by atoms with van der Waals surface area (Å²) in [6.07, 6.45) is 8.69. The summed E-state index contributed by atoms with van der Waals surface area (Å²) in [6.45, 7) is 5.14. The van der Waals surface area contributed by atoms with Crippen molar-refractivity contribution in [2.75, 3.05) is 18.0 Å². The average Bonchev–Trinajstić information content (AvgIpc) is 3.21. The topological polar surface area (TPSA) is 28.2 Å². The van der Waals surface area contributed by atoms with Crippen molar-refractivity contribution in [2.45, 2.75) is 51.6 Å². The van der Waals surface area contributed by atoms with Crippen LogP contribution in [0, 0.1) is 5.92 Å². The first-order chi connectivity index (χ1) is 9.76. The smallest absolute Gasteiger partial charge is 0.147 e. The van der Waals surface area contributed by atoms with Crippen LogP contribution in [-0.4, -0.2) is 24.1 Å². The summed E-state index contributed by atoms with van der Waals surface area (Å²) in [7, 11) is 0. The highest BCUT2D eigenvalue weighted by Gasteiger charge is 2.22. The molecule has 110 valence electrons. The van der Waals surface area contributed by atoms with Gasteiger partial charge in [-0.05, 0) is 50.2 Å². The van der Waals surface area contributed by atoms with Crippen LogP contribution in [0.3, 0.4) is 0 Å². The molecule has 0 aliphatic heterocycles. The van der Waals surface area contributed by atoms with Crippen molar-refractivity contribution in [1.29, 1.82) is 0 Å². The standard InChI is InChI=1S/C16H24ClN3/c1-2-20(11-12-4-3-5-12)16-15(17)8-13(10-19-16)9-18-14-6-7-14/h8,10,12,14,18H,2-7,9,11H2,1H3. The molecule has 2 aliphatic carbocycles. The molecule has 1 aromatic heterocycles. The Bertz CT molecular complexity index is 455. The molecule has 3 nitrogen and oxygen atoms in total. The minimum atomic E-state index is 0.721. The molecule has 0 bridgehead atoms. The number of halogens is 1. The molecule has 0 aromatic carbocycles. The first-order valence-corrected chi connectivity index (χ1v) is 8.26. The number of nitrogens with zero attached hydrogens (tertiary/aromatic N) is 2. The third-order valence-corrected chi connectivity index (χ3v) is 4.71. The fourth-order valence-electron chi connectivity index (χ4n) is 2.70. The highest BCUT2D eigenvalue weighted by molar-refractivity contribution is 6.33. The summed E-state index contributed by atoms with van der Waals surface area (Å²) in [4.78, 5) is 6.94. The van der Waals surface area contributed by atoms with Gasteiger partial charge in [0.25, 0.3) is 0 Å². The fourth-order valence-corrected chi connectivity index (χ4v) is 3.01. The summed E-state index contributed by atoms with van der Waals surface area (Å²) in [5, 5.41) is 4.29. The molecule has 2 saturated carbocycles. The van der Waals surface area contributed by atoms with Gasteiger partial charge in [0.2, 0.25) is 0 Å². The van der Waals surface area contributed by atoms with E-state index < -0.39 is 0 Å². The highest BCUT2D eigenvalue weighted by Crippen LogP contribution is 2.31. The van der Waals surface area contributed by atoms with E-state index in [0.717, 1.165) is 42.4 Å². The molecular formula is C16H24ClN3. The Morgan fingerprint density at radius 3 is 2.70 bits per heavy atom. The SMILES string of the molecule is CCN(CC1CCC1)c1ncc(CNC2CC2)cc1Cl. The second-order valence-electron chi connectivity index (χ2n) is 6.14. The first-order valence-electron chi connectivity index (χ1n) is 7.89. The summed E-state index contributed by atoms with van der Waals surface area (Å²) in [6, 6.07) is 2.79. The maximum atomic E-state index is 6.45. The number of nitrogens with one attached hydrogen (secondary N) is 1. The quantitative estimate of drug-likeness (QED) is 0.832. The lowest BCUT2D eigenvalue weighted by molar-refractivity contribution is 0.318. The van der Waals surface area contributed by atoms with Crippen molar-refractivity contribution in [1.82, 2.24) is 10.3 Å².